The fourth-order valence-corrected chi connectivity index (χ4v) is 11.3. The minimum absolute atomic E-state index is 0.00476. The lowest BCUT2D eigenvalue weighted by Gasteiger charge is -2.29. The average Bonchev–Trinajstić information content (AvgIpc) is 0.845. The summed E-state index contributed by atoms with van der Waals surface area (Å²) < 4.78 is 0. The zero-order chi connectivity index (χ0) is 85.6. The molecule has 0 aliphatic carbocycles. The number of rotatable bonds is 56. The molecule has 41 heteroatoms. The van der Waals surface area contributed by atoms with Gasteiger partial charge in [0.05, 0.1) is 25.6 Å². The van der Waals surface area contributed by atoms with Gasteiger partial charge in [0.1, 0.15) is 66.5 Å². The van der Waals surface area contributed by atoms with Crippen LogP contribution in [0.15, 0.2) is 70.6 Å². The zero-order valence-corrected chi connectivity index (χ0v) is 65.8. The first-order chi connectivity index (χ1) is 53.9. The minimum Gasteiger partial charge on any atom is -0.370 e. The van der Waals surface area contributed by atoms with E-state index < -0.39 is 205 Å². The van der Waals surface area contributed by atoms with E-state index in [1.807, 2.05) is 0 Å². The van der Waals surface area contributed by atoms with Crippen molar-refractivity contribution in [2.24, 2.45) is 79.2 Å². The number of benzene rings is 2. The Bertz CT molecular complexity index is 3570. The van der Waals surface area contributed by atoms with Crippen molar-refractivity contribution in [1.82, 2.24) is 69.1 Å². The number of unbranched alkanes of at least 4 members (excludes halogenated alkanes) is 2. The quantitative estimate of drug-likeness (QED) is 0.0166. The van der Waals surface area contributed by atoms with Gasteiger partial charge in [0, 0.05) is 25.9 Å². The Labute approximate surface area is 663 Å². The van der Waals surface area contributed by atoms with Gasteiger partial charge >= 0.3 is 0 Å². The van der Waals surface area contributed by atoms with Gasteiger partial charge in [-0.25, -0.2) is 0 Å². The molecule has 0 saturated carbocycles. The summed E-state index contributed by atoms with van der Waals surface area (Å²) in [5.41, 5.74) is 57.3. The molecule has 634 valence electrons. The number of carbonyl (C=O) groups is 16. The van der Waals surface area contributed by atoms with Crippen LogP contribution in [-0.2, 0) is 89.6 Å². The van der Waals surface area contributed by atoms with Crippen molar-refractivity contribution in [2.45, 2.75) is 223 Å². The summed E-state index contributed by atoms with van der Waals surface area (Å²) in [5.74, 6) is -15.6. The third kappa shape index (κ3) is 40.0. The predicted molar refractivity (Wildman–Crippen MR) is 423 cm³/mol. The van der Waals surface area contributed by atoms with Crippen molar-refractivity contribution in [3.63, 3.8) is 0 Å². The fraction of sp³-hybridized carbons (Fsp3) is 0.589. The molecule has 114 heavy (non-hydrogen) atoms. The van der Waals surface area contributed by atoms with Crippen molar-refractivity contribution < 1.29 is 76.7 Å². The third-order valence-corrected chi connectivity index (χ3v) is 17.7. The molecule has 2 aromatic rings. The molecule has 33 N–H and O–H groups in total. The van der Waals surface area contributed by atoms with Crippen LogP contribution >= 0.6 is 0 Å². The van der Waals surface area contributed by atoms with E-state index in [9.17, 15) is 76.7 Å². The van der Waals surface area contributed by atoms with Gasteiger partial charge in [-0.3, -0.25) is 86.7 Å². The standard InChI is InChI=1S/C73H121N25O16/c1-7-41(4)59(71(114)94-50(27-19-33-85-73(82)83)66(109)97-53(63(106)86-38-57(79)101)36-45-22-12-9-13-23-45)98-68(111)48(25-15-17-31-75)92-67(110)51(28-29-55(77)99)90-58(102)39-87-60(103)42(5)88-64(107)47(24-14-16-30-74)93-70(113)52(34-40(2)3)96-65(108)49(26-18-32-84-72(80)81)91-61(104)43(6)89-69(112)54(37-56(78)100)95-62(105)46(76)35-44-20-10-8-11-21-44/h8-13,20-23,40-43,46-54,59H,7,14-19,24-39,74-76H2,1-6H3,(H2,77,99)(H2,78,100)(H2,79,101)(H,86,106)(H,87,103)(H,88,107)(H,89,112)(H,90,102)(H,91,104)(H,92,110)(H,93,113)(H,94,114)(H,95,105)(H,96,108)(H,97,109)(H,98,111)(H4,80,81,84)(H4,82,83,85)/t41-,42-,43-,46-,47-,48-,49-,50-,51-,52-,53-,54-,59-/m0/s1. The van der Waals surface area contributed by atoms with Crippen LogP contribution in [0.2, 0.25) is 0 Å². The Kier molecular flexibility index (Phi) is 46.1. The number of carbonyl (C=O) groups excluding carboxylic acids is 16. The molecule has 2 aromatic carbocycles. The number of primary amides is 3. The van der Waals surface area contributed by atoms with Gasteiger partial charge in [-0.1, -0.05) is 94.8 Å². The molecule has 0 aromatic heterocycles. The highest BCUT2D eigenvalue weighted by Gasteiger charge is 2.37. The number of nitrogens with two attached hydrogens (primary N) is 10. The number of hydrogen-bond donors (Lipinski definition) is 23. The highest BCUT2D eigenvalue weighted by molar-refractivity contribution is 6.00. The van der Waals surface area contributed by atoms with E-state index in [-0.39, 0.29) is 115 Å². The number of guanidine groups is 2. The molecule has 0 aliphatic heterocycles. The number of hydrogen-bond acceptors (Lipinski definition) is 21. The number of nitrogens with one attached hydrogen (secondary N) is 13. The lowest BCUT2D eigenvalue weighted by Crippen LogP contribution is -2.60. The maximum absolute atomic E-state index is 14.5. The lowest BCUT2D eigenvalue weighted by atomic mass is 9.96. The molecular formula is C73H121N25O16. The molecule has 0 heterocycles. The maximum atomic E-state index is 14.5. The van der Waals surface area contributed by atoms with Crippen LogP contribution < -0.4 is 126 Å². The smallest absolute Gasteiger partial charge is 0.243 e. The normalized spacial score (nSPS) is 14.4. The molecule has 0 aliphatic rings. The van der Waals surface area contributed by atoms with E-state index >= 15 is 0 Å². The van der Waals surface area contributed by atoms with Crippen LogP contribution in [0.3, 0.4) is 0 Å². The SMILES string of the molecule is CC[C@H](C)[C@H](NC(=O)[C@H](CCCCN)NC(=O)[C@H](CCC(N)=O)NC(=O)CNC(=O)[C@H](C)NC(=O)[C@H](CCCCN)NC(=O)[C@H](CC(C)C)NC(=O)[C@H](CCCN=C(N)N)NC(=O)[C@H](C)NC(=O)[C@H](CC(N)=O)NC(=O)[C@@H](N)Cc1ccccc1)C(=O)N[C@@H](CCCN=C(N)N)C(=O)N[C@@H](Cc1ccccc1)C(=O)NCC(N)=O. The van der Waals surface area contributed by atoms with Crippen molar-refractivity contribution in [3.05, 3.63) is 71.8 Å². The molecule has 0 radical (unpaired) electrons. The highest BCUT2D eigenvalue weighted by Crippen LogP contribution is 2.15. The Balaban J connectivity index is 2.36. The van der Waals surface area contributed by atoms with Gasteiger partial charge in [0.15, 0.2) is 11.9 Å². The summed E-state index contributed by atoms with van der Waals surface area (Å²) in [6, 6.07) is 0.615. The van der Waals surface area contributed by atoms with Gasteiger partial charge in [-0.05, 0) is 133 Å². The molecule has 0 bridgehead atoms. The van der Waals surface area contributed by atoms with Crippen molar-refractivity contribution in [3.8, 4) is 0 Å². The Morgan fingerprint density at radius 3 is 1.22 bits per heavy atom. The van der Waals surface area contributed by atoms with E-state index in [4.69, 9.17) is 57.3 Å². The summed E-state index contributed by atoms with van der Waals surface area (Å²) in [4.78, 5) is 225. The lowest BCUT2D eigenvalue weighted by molar-refractivity contribution is -0.136. The van der Waals surface area contributed by atoms with Crippen LogP contribution in [0.5, 0.6) is 0 Å². The topological polar surface area (TPSA) is 714 Å². The largest absolute Gasteiger partial charge is 0.370 e. The predicted octanol–water partition coefficient (Wildman–Crippen LogP) is -7.51. The van der Waals surface area contributed by atoms with E-state index in [1.54, 1.807) is 88.4 Å². The van der Waals surface area contributed by atoms with Crippen LogP contribution in [-0.4, -0.2) is 218 Å². The minimum atomic E-state index is -1.58. The first-order valence-electron chi connectivity index (χ1n) is 38.0. The van der Waals surface area contributed by atoms with Crippen LogP contribution in [0.25, 0.3) is 0 Å². The number of amides is 16. The second kappa shape index (κ2) is 53.3. The van der Waals surface area contributed by atoms with E-state index in [2.05, 4.69) is 79.1 Å². The molecule has 2 rings (SSSR count). The first-order valence-corrected chi connectivity index (χ1v) is 38.0. The molecule has 13 atom stereocenters. The third-order valence-electron chi connectivity index (χ3n) is 17.7. The highest BCUT2D eigenvalue weighted by atomic mass is 16.2. The van der Waals surface area contributed by atoms with Gasteiger partial charge in [0.2, 0.25) is 94.5 Å². The molecule has 0 spiro atoms. The zero-order valence-electron chi connectivity index (χ0n) is 65.8. The molecule has 41 nitrogen and oxygen atoms in total. The Morgan fingerprint density at radius 1 is 0.368 bits per heavy atom. The van der Waals surface area contributed by atoms with Crippen molar-refractivity contribution in [2.75, 3.05) is 39.3 Å². The van der Waals surface area contributed by atoms with Gasteiger partial charge < -0.3 is 126 Å². The second-order valence-corrected chi connectivity index (χ2v) is 28.0. The Morgan fingerprint density at radius 2 is 0.763 bits per heavy atom. The summed E-state index contributed by atoms with van der Waals surface area (Å²) in [6.45, 7) is 8.44. The molecule has 0 fully saturated rings. The van der Waals surface area contributed by atoms with E-state index in [0.717, 1.165) is 5.56 Å². The molecular weight excluding hydrogens is 1480 g/mol. The number of nitrogens with zero attached hydrogens (tertiary/aromatic N) is 2. The monoisotopic (exact) mass is 1600 g/mol. The average molecular weight is 1600 g/mol. The van der Waals surface area contributed by atoms with Crippen molar-refractivity contribution >= 4 is 106 Å². The summed E-state index contributed by atoms with van der Waals surface area (Å²) in [6.07, 6.45) is -0.0148. The molecule has 0 saturated heterocycles. The summed E-state index contributed by atoms with van der Waals surface area (Å²) in [5, 5.41) is 33.0. The van der Waals surface area contributed by atoms with E-state index in [1.165, 1.54) is 13.8 Å². The molecule has 16 amide bonds. The first kappa shape index (κ1) is 98.5. The van der Waals surface area contributed by atoms with E-state index in [0.29, 0.717) is 24.8 Å². The van der Waals surface area contributed by atoms with Crippen LogP contribution in [0.1, 0.15) is 149 Å². The van der Waals surface area contributed by atoms with Crippen LogP contribution in [0, 0.1) is 11.8 Å². The Hall–Kier alpha value is -11.6. The van der Waals surface area contributed by atoms with Gasteiger partial charge in [0.25, 0.3) is 0 Å². The van der Waals surface area contributed by atoms with Crippen LogP contribution in [0.4, 0.5) is 0 Å². The summed E-state index contributed by atoms with van der Waals surface area (Å²) >= 11 is 0. The maximum Gasteiger partial charge on any atom is 0.243 e. The van der Waals surface area contributed by atoms with Gasteiger partial charge in [-0.15, -0.1) is 0 Å². The second-order valence-electron chi connectivity index (χ2n) is 28.0. The number of aliphatic imine (C=N–C) groups is 2. The van der Waals surface area contributed by atoms with Gasteiger partial charge in [-0.2, -0.15) is 0 Å². The molecule has 0 unspecified atom stereocenters. The van der Waals surface area contributed by atoms with Crippen molar-refractivity contribution in [1.29, 1.82) is 0 Å². The summed E-state index contributed by atoms with van der Waals surface area (Å²) in [7, 11) is 0. The fourth-order valence-electron chi connectivity index (χ4n) is 11.3.